The van der Waals surface area contributed by atoms with Crippen molar-refractivity contribution < 1.29 is 19.0 Å². The molecule has 0 aliphatic heterocycles. The minimum Gasteiger partial charge on any atom is -0.493 e. The number of rotatable bonds is 7. The van der Waals surface area contributed by atoms with Crippen LogP contribution in [0.2, 0.25) is 0 Å². The fraction of sp³-hybridized carbons (Fsp3) is 0.188. The SMILES string of the molecule is COc1cccc(C(N)=O)c1OCCOc1cccc(Br)c1. The first kappa shape index (κ1) is 16.2. The van der Waals surface area contributed by atoms with Gasteiger partial charge in [-0.05, 0) is 30.3 Å². The van der Waals surface area contributed by atoms with Crippen LogP contribution in [-0.4, -0.2) is 26.2 Å². The van der Waals surface area contributed by atoms with E-state index in [1.807, 2.05) is 24.3 Å². The number of primary amides is 1. The second-order valence-electron chi connectivity index (χ2n) is 4.36. The maximum absolute atomic E-state index is 11.4. The van der Waals surface area contributed by atoms with Crippen LogP contribution in [0, 0.1) is 0 Å². The van der Waals surface area contributed by atoms with Gasteiger partial charge in [-0.2, -0.15) is 0 Å². The number of amides is 1. The topological polar surface area (TPSA) is 70.8 Å². The molecule has 0 saturated heterocycles. The zero-order valence-corrected chi connectivity index (χ0v) is 13.6. The smallest absolute Gasteiger partial charge is 0.252 e. The van der Waals surface area contributed by atoms with E-state index in [4.69, 9.17) is 19.9 Å². The predicted octanol–water partition coefficient (Wildman–Crippen LogP) is 3.01. The number of nitrogens with two attached hydrogens (primary N) is 1. The molecule has 0 aromatic heterocycles. The number of methoxy groups -OCH3 is 1. The number of benzene rings is 2. The molecular weight excluding hydrogens is 350 g/mol. The minimum absolute atomic E-state index is 0.257. The largest absolute Gasteiger partial charge is 0.493 e. The van der Waals surface area contributed by atoms with Crippen molar-refractivity contribution in [2.45, 2.75) is 0 Å². The van der Waals surface area contributed by atoms with Crippen LogP contribution in [-0.2, 0) is 0 Å². The third kappa shape index (κ3) is 4.14. The Morgan fingerprint density at radius 1 is 1.14 bits per heavy atom. The van der Waals surface area contributed by atoms with E-state index in [0.717, 1.165) is 10.2 Å². The molecule has 0 saturated carbocycles. The summed E-state index contributed by atoms with van der Waals surface area (Å²) in [7, 11) is 1.50. The third-order valence-corrected chi connectivity index (χ3v) is 3.35. The maximum Gasteiger partial charge on any atom is 0.252 e. The Morgan fingerprint density at radius 2 is 1.86 bits per heavy atom. The number of carbonyl (C=O) groups is 1. The Bertz CT molecular complexity index is 660. The molecule has 0 aliphatic carbocycles. The lowest BCUT2D eigenvalue weighted by Gasteiger charge is -2.14. The quantitative estimate of drug-likeness (QED) is 0.765. The van der Waals surface area contributed by atoms with Crippen LogP contribution in [0.5, 0.6) is 17.2 Å². The highest BCUT2D eigenvalue weighted by molar-refractivity contribution is 9.10. The summed E-state index contributed by atoms with van der Waals surface area (Å²) in [5, 5.41) is 0. The predicted molar refractivity (Wildman–Crippen MR) is 86.6 cm³/mol. The molecule has 0 bridgehead atoms. The summed E-state index contributed by atoms with van der Waals surface area (Å²) in [6, 6.07) is 12.5. The van der Waals surface area contributed by atoms with Gasteiger partial charge in [0, 0.05) is 4.47 Å². The van der Waals surface area contributed by atoms with Crippen molar-refractivity contribution in [2.24, 2.45) is 5.73 Å². The van der Waals surface area contributed by atoms with E-state index < -0.39 is 5.91 Å². The Balaban J connectivity index is 1.98. The first-order chi connectivity index (χ1) is 10.6. The number of hydrogen-bond donors (Lipinski definition) is 1. The number of para-hydroxylation sites is 1. The standard InChI is InChI=1S/C16H16BrNO4/c1-20-14-7-3-6-13(16(18)19)15(14)22-9-8-21-12-5-2-4-11(17)10-12/h2-7,10H,8-9H2,1H3,(H2,18,19). The summed E-state index contributed by atoms with van der Waals surface area (Å²) in [4.78, 5) is 11.4. The molecule has 2 aromatic carbocycles. The van der Waals surface area contributed by atoms with E-state index in [1.165, 1.54) is 7.11 Å². The molecule has 0 atom stereocenters. The molecule has 2 N–H and O–H groups in total. The van der Waals surface area contributed by atoms with Crippen molar-refractivity contribution in [3.05, 3.63) is 52.5 Å². The first-order valence-corrected chi connectivity index (χ1v) is 7.39. The van der Waals surface area contributed by atoms with E-state index in [0.29, 0.717) is 18.1 Å². The molecule has 0 heterocycles. The number of ether oxygens (including phenoxy) is 3. The van der Waals surface area contributed by atoms with Crippen molar-refractivity contribution in [2.75, 3.05) is 20.3 Å². The van der Waals surface area contributed by atoms with Crippen LogP contribution in [0.3, 0.4) is 0 Å². The molecular formula is C16H16BrNO4. The average Bonchev–Trinajstić information content (AvgIpc) is 2.51. The zero-order valence-electron chi connectivity index (χ0n) is 12.0. The van der Waals surface area contributed by atoms with Crippen LogP contribution in [0.4, 0.5) is 0 Å². The molecule has 116 valence electrons. The molecule has 0 unspecified atom stereocenters. The molecule has 0 fully saturated rings. The fourth-order valence-electron chi connectivity index (χ4n) is 1.88. The van der Waals surface area contributed by atoms with Crippen LogP contribution < -0.4 is 19.9 Å². The van der Waals surface area contributed by atoms with E-state index in [2.05, 4.69) is 15.9 Å². The van der Waals surface area contributed by atoms with Gasteiger partial charge in [-0.25, -0.2) is 0 Å². The number of carbonyl (C=O) groups excluding carboxylic acids is 1. The minimum atomic E-state index is -0.568. The molecule has 1 amide bonds. The van der Waals surface area contributed by atoms with Crippen LogP contribution in [0.25, 0.3) is 0 Å². The highest BCUT2D eigenvalue weighted by Crippen LogP contribution is 2.30. The highest BCUT2D eigenvalue weighted by Gasteiger charge is 2.14. The fourth-order valence-corrected chi connectivity index (χ4v) is 2.26. The van der Waals surface area contributed by atoms with Crippen molar-refractivity contribution in [1.82, 2.24) is 0 Å². The van der Waals surface area contributed by atoms with E-state index >= 15 is 0 Å². The zero-order chi connectivity index (χ0) is 15.9. The van der Waals surface area contributed by atoms with Gasteiger partial charge in [0.05, 0.1) is 12.7 Å². The molecule has 0 radical (unpaired) electrons. The molecule has 22 heavy (non-hydrogen) atoms. The number of halogens is 1. The number of hydrogen-bond acceptors (Lipinski definition) is 4. The van der Waals surface area contributed by atoms with E-state index in [9.17, 15) is 4.79 Å². The monoisotopic (exact) mass is 365 g/mol. The van der Waals surface area contributed by atoms with Crippen molar-refractivity contribution in [3.8, 4) is 17.2 Å². The summed E-state index contributed by atoms with van der Waals surface area (Å²) in [6.07, 6.45) is 0. The van der Waals surface area contributed by atoms with Gasteiger partial charge in [-0.15, -0.1) is 0 Å². The lowest BCUT2D eigenvalue weighted by Crippen LogP contribution is -2.16. The summed E-state index contributed by atoms with van der Waals surface area (Å²) in [6.45, 7) is 0.583. The van der Waals surface area contributed by atoms with Crippen molar-refractivity contribution in [1.29, 1.82) is 0 Å². The second-order valence-corrected chi connectivity index (χ2v) is 5.27. The van der Waals surface area contributed by atoms with Crippen molar-refractivity contribution in [3.63, 3.8) is 0 Å². The van der Waals surface area contributed by atoms with Gasteiger partial charge in [-0.3, -0.25) is 4.79 Å². The van der Waals surface area contributed by atoms with Crippen molar-refractivity contribution >= 4 is 21.8 Å². The van der Waals surface area contributed by atoms with E-state index in [1.54, 1.807) is 18.2 Å². The third-order valence-electron chi connectivity index (χ3n) is 2.86. The van der Waals surface area contributed by atoms with Gasteiger partial charge in [-0.1, -0.05) is 28.1 Å². The lowest BCUT2D eigenvalue weighted by molar-refractivity contribution is 0.0994. The van der Waals surface area contributed by atoms with Gasteiger partial charge < -0.3 is 19.9 Å². The second kappa shape index (κ2) is 7.70. The average molecular weight is 366 g/mol. The van der Waals surface area contributed by atoms with Gasteiger partial charge in [0.15, 0.2) is 11.5 Å². The summed E-state index contributed by atoms with van der Waals surface area (Å²) in [5.74, 6) is 0.948. The van der Waals surface area contributed by atoms with Crippen LogP contribution in [0.1, 0.15) is 10.4 Å². The Kier molecular flexibility index (Phi) is 5.66. The molecule has 0 aliphatic rings. The lowest BCUT2D eigenvalue weighted by atomic mass is 10.2. The first-order valence-electron chi connectivity index (χ1n) is 6.60. The van der Waals surface area contributed by atoms with Gasteiger partial charge >= 0.3 is 0 Å². The summed E-state index contributed by atoms with van der Waals surface area (Å²) >= 11 is 3.37. The molecule has 0 spiro atoms. The van der Waals surface area contributed by atoms with Crippen LogP contribution >= 0.6 is 15.9 Å². The summed E-state index contributed by atoms with van der Waals surface area (Å²) < 4.78 is 17.3. The van der Waals surface area contributed by atoms with E-state index in [-0.39, 0.29) is 12.2 Å². The molecule has 5 nitrogen and oxygen atoms in total. The molecule has 2 aromatic rings. The van der Waals surface area contributed by atoms with Crippen LogP contribution in [0.15, 0.2) is 46.9 Å². The van der Waals surface area contributed by atoms with Gasteiger partial charge in [0.2, 0.25) is 0 Å². The van der Waals surface area contributed by atoms with Gasteiger partial charge in [0.1, 0.15) is 19.0 Å². The Hall–Kier alpha value is -2.21. The Labute approximate surface area is 137 Å². The Morgan fingerprint density at radius 3 is 2.55 bits per heavy atom. The summed E-state index contributed by atoms with van der Waals surface area (Å²) in [5.41, 5.74) is 5.62. The van der Waals surface area contributed by atoms with Gasteiger partial charge in [0.25, 0.3) is 5.91 Å². The highest BCUT2D eigenvalue weighted by atomic mass is 79.9. The normalized spacial score (nSPS) is 10.1. The maximum atomic E-state index is 11.4. The molecule has 2 rings (SSSR count). The molecule has 6 heteroatoms.